The molecule has 2 aromatic carbocycles. The fourth-order valence-electron chi connectivity index (χ4n) is 1.63. The van der Waals surface area contributed by atoms with Crippen LogP contribution in [0.1, 0.15) is 22.8 Å². The molecule has 0 saturated heterocycles. The zero-order chi connectivity index (χ0) is 14.4. The van der Waals surface area contributed by atoms with E-state index in [1.807, 2.05) is 6.07 Å². The van der Waals surface area contributed by atoms with Gasteiger partial charge in [-0.1, -0.05) is 53.7 Å². The van der Waals surface area contributed by atoms with Gasteiger partial charge in [0, 0.05) is 12.5 Å². The van der Waals surface area contributed by atoms with Gasteiger partial charge in [0.15, 0.2) is 11.5 Å². The van der Waals surface area contributed by atoms with E-state index in [4.69, 9.17) is 4.84 Å². The number of carbonyl (C=O) groups excluding carboxylic acids is 2. The standard InChI is InChI=1S/C16H13NO3/c1-12(18)15(13-8-4-2-5-9-13)17-20-16(19)14-10-6-3-7-11-14/h2-11H,1H3. The van der Waals surface area contributed by atoms with Crippen molar-refractivity contribution in [2.75, 3.05) is 0 Å². The van der Waals surface area contributed by atoms with E-state index < -0.39 is 5.97 Å². The first-order valence-electron chi connectivity index (χ1n) is 6.09. The predicted molar refractivity (Wildman–Crippen MR) is 75.5 cm³/mol. The molecular formula is C16H13NO3. The lowest BCUT2D eigenvalue weighted by atomic mass is 10.1. The summed E-state index contributed by atoms with van der Waals surface area (Å²) in [6, 6.07) is 17.4. The van der Waals surface area contributed by atoms with Crippen LogP contribution in [-0.2, 0) is 9.63 Å². The Balaban J connectivity index is 2.19. The fraction of sp³-hybridized carbons (Fsp3) is 0.0625. The minimum Gasteiger partial charge on any atom is -0.312 e. The van der Waals surface area contributed by atoms with Crippen LogP contribution in [0.3, 0.4) is 0 Å². The highest BCUT2D eigenvalue weighted by Gasteiger charge is 2.12. The van der Waals surface area contributed by atoms with Crippen LogP contribution in [0.15, 0.2) is 65.8 Å². The Labute approximate surface area is 116 Å². The Hall–Kier alpha value is -2.75. The van der Waals surface area contributed by atoms with E-state index in [0.717, 1.165) is 0 Å². The number of carbonyl (C=O) groups is 2. The molecule has 0 radical (unpaired) electrons. The molecule has 0 bridgehead atoms. The molecule has 0 aliphatic rings. The molecule has 0 spiro atoms. The summed E-state index contributed by atoms with van der Waals surface area (Å²) in [7, 11) is 0. The van der Waals surface area contributed by atoms with Crippen LogP contribution >= 0.6 is 0 Å². The average Bonchev–Trinajstić information content (AvgIpc) is 2.49. The van der Waals surface area contributed by atoms with Crippen LogP contribution < -0.4 is 0 Å². The number of benzene rings is 2. The SMILES string of the molecule is CC(=O)C(=NOC(=O)c1ccccc1)c1ccccc1. The summed E-state index contributed by atoms with van der Waals surface area (Å²) < 4.78 is 0. The second kappa shape index (κ2) is 6.43. The third-order valence-electron chi connectivity index (χ3n) is 2.61. The number of Topliss-reactive ketones (excluding diaryl/α,β-unsaturated/α-hetero) is 1. The minimum atomic E-state index is -0.597. The van der Waals surface area contributed by atoms with Crippen LogP contribution in [0, 0.1) is 0 Å². The largest absolute Gasteiger partial charge is 0.365 e. The Morgan fingerprint density at radius 3 is 1.85 bits per heavy atom. The van der Waals surface area contributed by atoms with Gasteiger partial charge in [-0.25, -0.2) is 4.79 Å². The first kappa shape index (κ1) is 13.7. The molecule has 0 saturated carbocycles. The first-order chi connectivity index (χ1) is 9.68. The van der Waals surface area contributed by atoms with Crippen LogP contribution in [0.5, 0.6) is 0 Å². The summed E-state index contributed by atoms with van der Waals surface area (Å²) in [4.78, 5) is 28.2. The molecule has 4 heteroatoms. The van der Waals surface area contributed by atoms with Gasteiger partial charge >= 0.3 is 5.97 Å². The van der Waals surface area contributed by atoms with Crippen molar-refractivity contribution in [3.05, 3.63) is 71.8 Å². The Morgan fingerprint density at radius 2 is 1.35 bits per heavy atom. The number of rotatable bonds is 4. The summed E-state index contributed by atoms with van der Waals surface area (Å²) in [5, 5.41) is 3.69. The molecule has 100 valence electrons. The van der Waals surface area contributed by atoms with Crippen LogP contribution in [-0.4, -0.2) is 17.5 Å². The van der Waals surface area contributed by atoms with E-state index in [-0.39, 0.29) is 11.5 Å². The zero-order valence-corrected chi connectivity index (χ0v) is 10.9. The molecular weight excluding hydrogens is 254 g/mol. The van der Waals surface area contributed by atoms with E-state index in [2.05, 4.69) is 5.16 Å². The molecule has 20 heavy (non-hydrogen) atoms. The molecule has 0 fully saturated rings. The molecule has 0 atom stereocenters. The summed E-state index contributed by atoms with van der Waals surface area (Å²) in [6.07, 6.45) is 0. The molecule has 0 heterocycles. The van der Waals surface area contributed by atoms with Crippen molar-refractivity contribution in [3.63, 3.8) is 0 Å². The highest BCUT2D eigenvalue weighted by Crippen LogP contribution is 2.05. The van der Waals surface area contributed by atoms with Gasteiger partial charge in [0.2, 0.25) is 0 Å². The van der Waals surface area contributed by atoms with E-state index in [9.17, 15) is 9.59 Å². The maximum Gasteiger partial charge on any atom is 0.365 e. The third kappa shape index (κ3) is 3.38. The average molecular weight is 267 g/mol. The molecule has 2 aromatic rings. The van der Waals surface area contributed by atoms with Gasteiger partial charge < -0.3 is 4.84 Å². The number of ketones is 1. The van der Waals surface area contributed by atoms with Crippen molar-refractivity contribution in [1.82, 2.24) is 0 Å². The summed E-state index contributed by atoms with van der Waals surface area (Å²) in [5.41, 5.74) is 1.11. The monoisotopic (exact) mass is 267 g/mol. The van der Waals surface area contributed by atoms with Gasteiger partial charge in [0.1, 0.15) is 0 Å². The predicted octanol–water partition coefficient (Wildman–Crippen LogP) is 2.84. The van der Waals surface area contributed by atoms with Crippen LogP contribution in [0.4, 0.5) is 0 Å². The molecule has 0 aliphatic heterocycles. The van der Waals surface area contributed by atoms with Crippen molar-refractivity contribution in [1.29, 1.82) is 0 Å². The zero-order valence-electron chi connectivity index (χ0n) is 10.9. The normalized spacial score (nSPS) is 10.9. The van der Waals surface area contributed by atoms with E-state index >= 15 is 0 Å². The fourth-order valence-corrected chi connectivity index (χ4v) is 1.63. The quantitative estimate of drug-likeness (QED) is 0.486. The number of nitrogens with zero attached hydrogens (tertiary/aromatic N) is 1. The second-order valence-corrected chi connectivity index (χ2v) is 4.11. The highest BCUT2D eigenvalue weighted by atomic mass is 16.7. The smallest absolute Gasteiger partial charge is 0.312 e. The molecule has 0 aromatic heterocycles. The maximum absolute atomic E-state index is 11.8. The molecule has 0 N–H and O–H groups in total. The van der Waals surface area contributed by atoms with Gasteiger partial charge in [-0.2, -0.15) is 0 Å². The van der Waals surface area contributed by atoms with Crippen molar-refractivity contribution in [3.8, 4) is 0 Å². The summed E-state index contributed by atoms with van der Waals surface area (Å²) in [5.74, 6) is -0.864. The lowest BCUT2D eigenvalue weighted by Gasteiger charge is -2.02. The molecule has 4 nitrogen and oxygen atoms in total. The van der Waals surface area contributed by atoms with Crippen molar-refractivity contribution in [2.45, 2.75) is 6.92 Å². The van der Waals surface area contributed by atoms with Crippen LogP contribution in [0.25, 0.3) is 0 Å². The van der Waals surface area contributed by atoms with Crippen LogP contribution in [0.2, 0.25) is 0 Å². The number of hydrogen-bond acceptors (Lipinski definition) is 4. The van der Waals surface area contributed by atoms with Gasteiger partial charge in [-0.3, -0.25) is 4.79 Å². The Bertz CT molecular complexity index is 633. The Kier molecular flexibility index (Phi) is 4.39. The lowest BCUT2D eigenvalue weighted by molar-refractivity contribution is -0.111. The summed E-state index contributed by atoms with van der Waals surface area (Å²) in [6.45, 7) is 1.38. The van der Waals surface area contributed by atoms with Crippen molar-refractivity contribution < 1.29 is 14.4 Å². The second-order valence-electron chi connectivity index (χ2n) is 4.11. The molecule has 2 rings (SSSR count). The van der Waals surface area contributed by atoms with E-state index in [0.29, 0.717) is 11.1 Å². The number of oxime groups is 1. The first-order valence-corrected chi connectivity index (χ1v) is 6.09. The maximum atomic E-state index is 11.8. The van der Waals surface area contributed by atoms with Gasteiger partial charge in [-0.15, -0.1) is 0 Å². The summed E-state index contributed by atoms with van der Waals surface area (Å²) >= 11 is 0. The van der Waals surface area contributed by atoms with Gasteiger partial charge in [-0.05, 0) is 12.1 Å². The third-order valence-corrected chi connectivity index (χ3v) is 2.61. The van der Waals surface area contributed by atoms with Crippen molar-refractivity contribution in [2.24, 2.45) is 5.16 Å². The lowest BCUT2D eigenvalue weighted by Crippen LogP contribution is -2.13. The Morgan fingerprint density at radius 1 is 0.850 bits per heavy atom. The topological polar surface area (TPSA) is 55.7 Å². The number of hydrogen-bond donors (Lipinski definition) is 0. The highest BCUT2D eigenvalue weighted by molar-refractivity contribution is 6.45. The van der Waals surface area contributed by atoms with Crippen molar-refractivity contribution >= 4 is 17.5 Å². The van der Waals surface area contributed by atoms with Gasteiger partial charge in [0.05, 0.1) is 5.56 Å². The minimum absolute atomic E-state index is 0.120. The molecule has 0 unspecified atom stereocenters. The van der Waals surface area contributed by atoms with E-state index in [1.54, 1.807) is 54.6 Å². The molecule has 0 amide bonds. The van der Waals surface area contributed by atoms with E-state index in [1.165, 1.54) is 6.92 Å². The molecule has 0 aliphatic carbocycles. The van der Waals surface area contributed by atoms with Gasteiger partial charge in [0.25, 0.3) is 0 Å².